The van der Waals surface area contributed by atoms with Crippen molar-refractivity contribution >= 4 is 0 Å². The van der Waals surface area contributed by atoms with Crippen molar-refractivity contribution in [3.63, 3.8) is 0 Å². The molecule has 2 nitrogen and oxygen atoms in total. The van der Waals surface area contributed by atoms with E-state index in [4.69, 9.17) is 4.74 Å². The van der Waals surface area contributed by atoms with Gasteiger partial charge in [-0.2, -0.15) is 0 Å². The van der Waals surface area contributed by atoms with Crippen molar-refractivity contribution in [1.29, 1.82) is 0 Å². The van der Waals surface area contributed by atoms with Crippen molar-refractivity contribution in [2.45, 2.75) is 52.7 Å². The summed E-state index contributed by atoms with van der Waals surface area (Å²) >= 11 is 0. The summed E-state index contributed by atoms with van der Waals surface area (Å²) in [5, 5.41) is 3.73. The number of ether oxygens (including phenoxy) is 1. The quantitative estimate of drug-likeness (QED) is 0.774. The van der Waals surface area contributed by atoms with Gasteiger partial charge in [-0.05, 0) is 25.3 Å². The summed E-state index contributed by atoms with van der Waals surface area (Å²) in [5.74, 6) is 1.51. The van der Waals surface area contributed by atoms with Crippen LogP contribution < -0.4 is 5.32 Å². The van der Waals surface area contributed by atoms with E-state index in [-0.39, 0.29) is 0 Å². The Hall–Kier alpha value is -0.0800. The van der Waals surface area contributed by atoms with Gasteiger partial charge in [-0.25, -0.2) is 0 Å². The normalized spacial score (nSPS) is 38.6. The molecule has 1 aliphatic carbocycles. The van der Waals surface area contributed by atoms with Crippen LogP contribution in [0.25, 0.3) is 0 Å². The number of hydrogen-bond donors (Lipinski definition) is 1. The highest BCUT2D eigenvalue weighted by atomic mass is 16.5. The molecule has 0 aromatic carbocycles. The predicted octanol–water partition coefficient (Wildman–Crippen LogP) is 2.44. The Bertz CT molecular complexity index is 225. The molecule has 2 fully saturated rings. The minimum Gasteiger partial charge on any atom is -0.377 e. The molecule has 1 heterocycles. The van der Waals surface area contributed by atoms with E-state index < -0.39 is 0 Å². The van der Waals surface area contributed by atoms with E-state index in [9.17, 15) is 0 Å². The Morgan fingerprint density at radius 2 is 2.13 bits per heavy atom. The topological polar surface area (TPSA) is 21.3 Å². The monoisotopic (exact) mass is 211 g/mol. The second-order valence-electron chi connectivity index (χ2n) is 6.20. The van der Waals surface area contributed by atoms with E-state index >= 15 is 0 Å². The van der Waals surface area contributed by atoms with Crippen LogP contribution in [0.2, 0.25) is 0 Å². The molecule has 1 saturated heterocycles. The van der Waals surface area contributed by atoms with Gasteiger partial charge in [0.1, 0.15) is 0 Å². The summed E-state index contributed by atoms with van der Waals surface area (Å²) < 4.78 is 5.89. The molecular weight excluding hydrogens is 186 g/mol. The van der Waals surface area contributed by atoms with Crippen LogP contribution in [-0.4, -0.2) is 25.3 Å². The Balaban J connectivity index is 1.93. The predicted molar refractivity (Wildman–Crippen MR) is 62.9 cm³/mol. The third-order valence-electron chi connectivity index (χ3n) is 4.08. The van der Waals surface area contributed by atoms with Crippen molar-refractivity contribution in [1.82, 2.24) is 5.32 Å². The Morgan fingerprint density at radius 3 is 2.80 bits per heavy atom. The van der Waals surface area contributed by atoms with E-state index in [2.05, 4.69) is 33.0 Å². The number of hydrogen-bond acceptors (Lipinski definition) is 2. The van der Waals surface area contributed by atoms with Gasteiger partial charge in [0.05, 0.1) is 6.10 Å². The van der Waals surface area contributed by atoms with Crippen molar-refractivity contribution in [3.8, 4) is 0 Å². The average molecular weight is 211 g/mol. The molecule has 1 saturated carbocycles. The Morgan fingerprint density at radius 1 is 1.40 bits per heavy atom. The van der Waals surface area contributed by atoms with E-state index in [1.807, 2.05) is 0 Å². The van der Waals surface area contributed by atoms with Gasteiger partial charge in [-0.3, -0.25) is 0 Å². The molecule has 0 bridgehead atoms. The molecule has 3 atom stereocenters. The zero-order valence-electron chi connectivity index (χ0n) is 10.5. The smallest absolute Gasteiger partial charge is 0.0684 e. The lowest BCUT2D eigenvalue weighted by atomic mass is 9.55. The van der Waals surface area contributed by atoms with Crippen LogP contribution in [0.3, 0.4) is 0 Å². The minimum absolute atomic E-state index is 0.333. The fourth-order valence-corrected chi connectivity index (χ4v) is 3.30. The molecule has 2 heteroatoms. The van der Waals surface area contributed by atoms with Gasteiger partial charge in [0.25, 0.3) is 0 Å². The lowest BCUT2D eigenvalue weighted by Crippen LogP contribution is -2.69. The maximum absolute atomic E-state index is 5.89. The van der Waals surface area contributed by atoms with Crippen LogP contribution in [0.4, 0.5) is 0 Å². The number of nitrogens with one attached hydrogen (secondary N) is 1. The molecular formula is C13H25NO. The van der Waals surface area contributed by atoms with Crippen molar-refractivity contribution < 1.29 is 4.74 Å². The Labute approximate surface area is 93.8 Å². The van der Waals surface area contributed by atoms with Gasteiger partial charge in [0, 0.05) is 24.0 Å². The molecule has 0 amide bonds. The molecule has 2 rings (SSSR count). The maximum Gasteiger partial charge on any atom is 0.0684 e. The van der Waals surface area contributed by atoms with Gasteiger partial charge in [0.15, 0.2) is 0 Å². The number of fused-ring (bicyclic) bond motifs is 1. The highest BCUT2D eigenvalue weighted by Gasteiger charge is 2.57. The van der Waals surface area contributed by atoms with Crippen LogP contribution in [0, 0.1) is 17.3 Å². The summed E-state index contributed by atoms with van der Waals surface area (Å²) in [6, 6.07) is 0.671. The van der Waals surface area contributed by atoms with Crippen molar-refractivity contribution in [2.75, 3.05) is 13.2 Å². The lowest BCUT2D eigenvalue weighted by Gasteiger charge is -2.60. The van der Waals surface area contributed by atoms with E-state index in [0.717, 1.165) is 25.0 Å². The first-order valence-electron chi connectivity index (χ1n) is 6.38. The molecule has 2 aliphatic rings. The van der Waals surface area contributed by atoms with E-state index in [1.54, 1.807) is 0 Å². The first kappa shape index (κ1) is 11.4. The zero-order valence-corrected chi connectivity index (χ0v) is 10.5. The van der Waals surface area contributed by atoms with Crippen LogP contribution in [0.1, 0.15) is 40.5 Å². The molecule has 3 unspecified atom stereocenters. The first-order valence-corrected chi connectivity index (χ1v) is 6.38. The molecule has 0 spiro atoms. The van der Waals surface area contributed by atoms with Crippen LogP contribution in [-0.2, 0) is 4.74 Å². The van der Waals surface area contributed by atoms with Gasteiger partial charge in [-0.1, -0.05) is 27.7 Å². The second kappa shape index (κ2) is 4.06. The average Bonchev–Trinajstić information content (AvgIpc) is 2.17. The largest absolute Gasteiger partial charge is 0.377 e. The Kier molecular flexibility index (Phi) is 3.09. The molecule has 88 valence electrons. The zero-order chi connectivity index (χ0) is 11.1. The standard InChI is InChI=1S/C13H25NO/c1-9(2)8-14-11-10-6-5-7-15-12(10)13(11,3)4/h9-12,14H,5-8H2,1-4H3. The third-order valence-corrected chi connectivity index (χ3v) is 4.08. The summed E-state index contributed by atoms with van der Waals surface area (Å²) in [6.45, 7) is 11.3. The molecule has 0 aromatic heterocycles. The summed E-state index contributed by atoms with van der Waals surface area (Å²) in [4.78, 5) is 0. The van der Waals surface area contributed by atoms with Gasteiger partial charge in [-0.15, -0.1) is 0 Å². The molecule has 0 radical (unpaired) electrons. The first-order chi connectivity index (χ1) is 7.03. The molecule has 1 aliphatic heterocycles. The van der Waals surface area contributed by atoms with Crippen molar-refractivity contribution in [3.05, 3.63) is 0 Å². The van der Waals surface area contributed by atoms with E-state index in [1.165, 1.54) is 12.8 Å². The summed E-state index contributed by atoms with van der Waals surface area (Å²) in [7, 11) is 0. The highest BCUT2D eigenvalue weighted by Crippen LogP contribution is 2.51. The summed E-state index contributed by atoms with van der Waals surface area (Å²) in [5.41, 5.74) is 0.333. The lowest BCUT2D eigenvalue weighted by molar-refractivity contribution is -0.192. The molecule has 15 heavy (non-hydrogen) atoms. The highest BCUT2D eigenvalue weighted by molar-refractivity contribution is 5.10. The SMILES string of the molecule is CC(C)CNC1C2CCCOC2C1(C)C. The van der Waals surface area contributed by atoms with Gasteiger partial charge in [0.2, 0.25) is 0 Å². The van der Waals surface area contributed by atoms with E-state index in [0.29, 0.717) is 17.6 Å². The van der Waals surface area contributed by atoms with Crippen LogP contribution in [0.5, 0.6) is 0 Å². The summed E-state index contributed by atoms with van der Waals surface area (Å²) in [6.07, 6.45) is 3.11. The fraction of sp³-hybridized carbons (Fsp3) is 1.00. The molecule has 0 aromatic rings. The van der Waals surface area contributed by atoms with Crippen LogP contribution >= 0.6 is 0 Å². The van der Waals surface area contributed by atoms with Gasteiger partial charge >= 0.3 is 0 Å². The van der Waals surface area contributed by atoms with Gasteiger partial charge < -0.3 is 10.1 Å². The second-order valence-corrected chi connectivity index (χ2v) is 6.20. The maximum atomic E-state index is 5.89. The minimum atomic E-state index is 0.333. The fourth-order valence-electron chi connectivity index (χ4n) is 3.30. The number of rotatable bonds is 3. The molecule has 1 N–H and O–H groups in total. The van der Waals surface area contributed by atoms with Crippen molar-refractivity contribution in [2.24, 2.45) is 17.3 Å². The third kappa shape index (κ3) is 1.94. The van der Waals surface area contributed by atoms with Crippen LogP contribution in [0.15, 0.2) is 0 Å².